The highest BCUT2D eigenvalue weighted by atomic mass is 16.7. The van der Waals surface area contributed by atoms with E-state index < -0.39 is 86.6 Å². The average molecular weight is 592 g/mol. The zero-order valence-corrected chi connectivity index (χ0v) is 25.5. The van der Waals surface area contributed by atoms with E-state index in [-0.39, 0.29) is 18.4 Å². The molecule has 10 heteroatoms. The molecule has 1 spiro atoms. The minimum Gasteiger partial charge on any atom is -0.633 e. The van der Waals surface area contributed by atoms with Crippen molar-refractivity contribution in [3.05, 3.63) is 16.9 Å². The molecule has 42 heavy (non-hydrogen) atoms. The zero-order chi connectivity index (χ0) is 30.4. The van der Waals surface area contributed by atoms with Crippen molar-refractivity contribution in [3.63, 3.8) is 0 Å². The van der Waals surface area contributed by atoms with Gasteiger partial charge in [0.15, 0.2) is 6.10 Å². The SMILES string of the molecule is CC=C(C)C(=O)OC1CCC2(C)C3CCC4C5(O)C(O)C(O)C6C(C[N+]7([O-])CC(C)CCC7C6(C)O)C5CC42OC13O. The van der Waals surface area contributed by atoms with E-state index in [0.29, 0.717) is 50.6 Å². The van der Waals surface area contributed by atoms with E-state index in [9.17, 15) is 35.5 Å². The molecule has 0 aromatic carbocycles. The van der Waals surface area contributed by atoms with Gasteiger partial charge in [-0.2, -0.15) is 0 Å². The molecule has 0 aromatic heterocycles. The van der Waals surface area contributed by atoms with Crippen molar-refractivity contribution in [1.82, 2.24) is 0 Å². The smallest absolute Gasteiger partial charge is 0.333 e. The lowest BCUT2D eigenvalue weighted by Crippen LogP contribution is -2.79. The molecular weight excluding hydrogens is 542 g/mol. The molecule has 4 bridgehead atoms. The molecule has 16 atom stereocenters. The van der Waals surface area contributed by atoms with E-state index in [1.165, 1.54) is 0 Å². The van der Waals surface area contributed by atoms with E-state index in [0.717, 1.165) is 6.42 Å². The molecule has 4 saturated carbocycles. The second-order valence-electron chi connectivity index (χ2n) is 15.8. The number of aliphatic hydroxyl groups is 5. The topological polar surface area (TPSA) is 160 Å². The minimum absolute atomic E-state index is 0.155. The number of fused-ring (bicyclic) bond motifs is 5. The number of aliphatic hydroxyl groups excluding tert-OH is 2. The van der Waals surface area contributed by atoms with E-state index in [4.69, 9.17) is 9.47 Å². The number of esters is 1. The van der Waals surface area contributed by atoms with Gasteiger partial charge in [-0.1, -0.05) is 19.9 Å². The number of ether oxygens (including phenoxy) is 2. The van der Waals surface area contributed by atoms with Crippen LogP contribution >= 0.6 is 0 Å². The molecule has 10 nitrogen and oxygen atoms in total. The molecule has 3 saturated heterocycles. The Hall–Kier alpha value is -1.11. The first-order valence-corrected chi connectivity index (χ1v) is 16.2. The summed E-state index contributed by atoms with van der Waals surface area (Å²) < 4.78 is 12.1. The predicted octanol–water partition coefficient (Wildman–Crippen LogP) is 1.74. The summed E-state index contributed by atoms with van der Waals surface area (Å²) >= 11 is 0. The van der Waals surface area contributed by atoms with Crippen LogP contribution in [0, 0.1) is 46.1 Å². The van der Waals surface area contributed by atoms with Gasteiger partial charge in [-0.3, -0.25) is 0 Å². The third-order valence-electron chi connectivity index (χ3n) is 14.1. The second-order valence-corrected chi connectivity index (χ2v) is 15.8. The van der Waals surface area contributed by atoms with Crippen LogP contribution in [0.15, 0.2) is 11.6 Å². The van der Waals surface area contributed by atoms with Crippen LogP contribution in [0.5, 0.6) is 0 Å². The van der Waals surface area contributed by atoms with Crippen LogP contribution in [0.4, 0.5) is 0 Å². The number of hydroxylamine groups is 3. The maximum Gasteiger partial charge on any atom is 0.333 e. The number of carbonyl (C=O) groups is 1. The molecule has 0 aromatic rings. The van der Waals surface area contributed by atoms with Gasteiger partial charge in [-0.25, -0.2) is 4.79 Å². The van der Waals surface area contributed by atoms with Crippen molar-refractivity contribution < 1.29 is 44.4 Å². The van der Waals surface area contributed by atoms with Crippen LogP contribution in [0.25, 0.3) is 0 Å². The van der Waals surface area contributed by atoms with Crippen molar-refractivity contribution in [2.24, 2.45) is 40.9 Å². The van der Waals surface area contributed by atoms with Gasteiger partial charge in [0.05, 0.1) is 24.8 Å². The van der Waals surface area contributed by atoms with Gasteiger partial charge in [0.2, 0.25) is 5.79 Å². The van der Waals surface area contributed by atoms with Gasteiger partial charge in [0, 0.05) is 52.9 Å². The second kappa shape index (κ2) is 8.78. The number of hydrogen-bond acceptors (Lipinski definition) is 9. The van der Waals surface area contributed by atoms with Crippen molar-refractivity contribution in [1.29, 1.82) is 0 Å². The standard InChI is InChI=1S/C32H49NO9/c1-6-17(3)27(36)41-23-11-12-28(4)20-8-9-21-30(28,42-32(20,23)39)13-19-18-15-33(40)14-16(2)7-10-22(33)29(5,37)24(18)25(34)26(35)31(19,21)38/h6,16,18-26,34-35,37-39H,7-15H2,1-5H3. The Balaban J connectivity index is 1.30. The fraction of sp³-hybridized carbons (Fsp3) is 0.906. The number of allylic oxidation sites excluding steroid dienone is 1. The van der Waals surface area contributed by atoms with Gasteiger partial charge in [0.25, 0.3) is 0 Å². The Morgan fingerprint density at radius 2 is 1.74 bits per heavy atom. The van der Waals surface area contributed by atoms with Gasteiger partial charge in [-0.15, -0.1) is 0 Å². The number of hydrogen-bond donors (Lipinski definition) is 5. The van der Waals surface area contributed by atoms with E-state index >= 15 is 0 Å². The molecule has 16 unspecified atom stereocenters. The average Bonchev–Trinajstić information content (AvgIpc) is 3.16. The summed E-state index contributed by atoms with van der Waals surface area (Å²) in [6, 6.07) is -0.606. The van der Waals surface area contributed by atoms with Crippen LogP contribution in [0.1, 0.15) is 79.6 Å². The maximum absolute atomic E-state index is 14.5. The molecule has 7 rings (SSSR count). The Kier molecular flexibility index (Phi) is 6.19. The third-order valence-corrected chi connectivity index (χ3v) is 14.1. The lowest BCUT2D eigenvalue weighted by Gasteiger charge is -2.68. The first-order chi connectivity index (χ1) is 19.5. The van der Waals surface area contributed by atoms with Crippen molar-refractivity contribution in [2.45, 2.75) is 127 Å². The first-order valence-electron chi connectivity index (χ1n) is 16.2. The van der Waals surface area contributed by atoms with Crippen LogP contribution < -0.4 is 0 Å². The lowest BCUT2D eigenvalue weighted by molar-refractivity contribution is -0.934. The number of piperidine rings is 2. The van der Waals surface area contributed by atoms with Gasteiger partial charge in [0.1, 0.15) is 23.3 Å². The van der Waals surface area contributed by atoms with Crippen LogP contribution in [-0.4, -0.2) is 96.2 Å². The van der Waals surface area contributed by atoms with E-state index in [1.54, 1.807) is 26.8 Å². The van der Waals surface area contributed by atoms with Gasteiger partial charge >= 0.3 is 5.97 Å². The number of rotatable bonds is 2. The van der Waals surface area contributed by atoms with Gasteiger partial charge < -0.3 is 44.9 Å². The fourth-order valence-corrected chi connectivity index (χ4v) is 12.2. The third kappa shape index (κ3) is 3.26. The maximum atomic E-state index is 14.5. The Labute approximate surface area is 247 Å². The lowest BCUT2D eigenvalue weighted by atomic mass is 9.49. The van der Waals surface area contributed by atoms with E-state index in [1.807, 2.05) is 0 Å². The summed E-state index contributed by atoms with van der Waals surface area (Å²) in [5.41, 5.74) is -4.49. The van der Waals surface area contributed by atoms with Crippen molar-refractivity contribution in [2.75, 3.05) is 13.1 Å². The van der Waals surface area contributed by atoms with Crippen molar-refractivity contribution in [3.8, 4) is 0 Å². The quantitative estimate of drug-likeness (QED) is 0.140. The monoisotopic (exact) mass is 591 g/mol. The zero-order valence-electron chi connectivity index (χ0n) is 25.5. The highest BCUT2D eigenvalue weighted by Crippen LogP contribution is 2.77. The minimum atomic E-state index is -1.76. The van der Waals surface area contributed by atoms with Crippen LogP contribution in [-0.2, 0) is 14.3 Å². The summed E-state index contributed by atoms with van der Waals surface area (Å²) in [6.45, 7) is 9.73. The Morgan fingerprint density at radius 3 is 2.43 bits per heavy atom. The molecule has 0 radical (unpaired) electrons. The summed E-state index contributed by atoms with van der Waals surface area (Å²) in [6.07, 6.45) is 1.45. The predicted molar refractivity (Wildman–Crippen MR) is 150 cm³/mol. The molecule has 7 aliphatic rings. The molecule has 7 fully saturated rings. The Bertz CT molecular complexity index is 1210. The van der Waals surface area contributed by atoms with Crippen LogP contribution in [0.3, 0.4) is 0 Å². The fourth-order valence-electron chi connectivity index (χ4n) is 12.2. The molecule has 3 heterocycles. The Morgan fingerprint density at radius 1 is 1.05 bits per heavy atom. The summed E-state index contributed by atoms with van der Waals surface area (Å²) in [7, 11) is 0. The largest absolute Gasteiger partial charge is 0.633 e. The van der Waals surface area contributed by atoms with Crippen molar-refractivity contribution >= 4 is 5.97 Å². The van der Waals surface area contributed by atoms with Gasteiger partial charge in [-0.05, 0) is 59.3 Å². The normalized spacial score (nSPS) is 61.5. The molecular formula is C32H49NO9. The number of nitrogens with zero attached hydrogens (tertiary/aromatic N) is 1. The molecule has 3 aliphatic heterocycles. The van der Waals surface area contributed by atoms with Crippen LogP contribution in [0.2, 0.25) is 0 Å². The highest BCUT2D eigenvalue weighted by molar-refractivity contribution is 5.87. The summed E-state index contributed by atoms with van der Waals surface area (Å²) in [5.74, 6) is -4.96. The molecule has 4 aliphatic carbocycles. The molecule has 236 valence electrons. The van der Waals surface area contributed by atoms with E-state index in [2.05, 4.69) is 13.8 Å². The summed E-state index contributed by atoms with van der Waals surface area (Å²) in [5, 5.41) is 74.9. The summed E-state index contributed by atoms with van der Waals surface area (Å²) in [4.78, 5) is 12.8. The number of quaternary nitrogens is 1. The first kappa shape index (κ1) is 29.6. The number of carbonyl (C=O) groups excluding carboxylic acids is 1. The highest BCUT2D eigenvalue weighted by Gasteiger charge is 2.85. The molecule has 0 amide bonds. The molecule has 5 N–H and O–H groups in total.